The van der Waals surface area contributed by atoms with Gasteiger partial charge in [0.1, 0.15) is 0 Å². The molecule has 0 saturated heterocycles. The zero-order valence-corrected chi connectivity index (χ0v) is 10.2. The summed E-state index contributed by atoms with van der Waals surface area (Å²) in [5.74, 6) is 0. The van der Waals surface area contributed by atoms with Gasteiger partial charge in [0.15, 0.2) is 0 Å². The fourth-order valence-electron chi connectivity index (χ4n) is 1.27. The molecule has 0 atom stereocenters. The van der Waals surface area contributed by atoms with Crippen LogP contribution in [-0.4, -0.2) is 22.2 Å². The summed E-state index contributed by atoms with van der Waals surface area (Å²) in [6.45, 7) is 0. The molecule has 1 aliphatic heterocycles. The number of nitrogens with one attached hydrogen (secondary N) is 2. The number of aliphatic imine (C=N–C) groups is 1. The van der Waals surface area contributed by atoms with Gasteiger partial charge in [-0.15, -0.1) is 0 Å². The third-order valence-electron chi connectivity index (χ3n) is 2.08. The second-order valence-corrected chi connectivity index (χ2v) is 4.10. The van der Waals surface area contributed by atoms with Gasteiger partial charge >= 0.3 is 0 Å². The molecule has 0 bridgehead atoms. The average Bonchev–Trinajstić information content (AvgIpc) is 2.75. The van der Waals surface area contributed by atoms with Crippen molar-refractivity contribution >= 4 is 34.1 Å². The van der Waals surface area contributed by atoms with Gasteiger partial charge in [-0.2, -0.15) is 5.10 Å². The normalized spacial score (nSPS) is 17.8. The molecule has 0 aliphatic carbocycles. The fourth-order valence-corrected chi connectivity index (χ4v) is 1.49. The Labute approximate surface area is 101 Å². The fraction of sp³-hybridized carbons (Fsp3) is 0.100. The minimum absolute atomic E-state index is 0.665. The summed E-state index contributed by atoms with van der Waals surface area (Å²) in [5, 5.41) is 14.2. The number of halogens is 1. The minimum Gasteiger partial charge on any atom is -0.358 e. The van der Waals surface area contributed by atoms with Crippen molar-refractivity contribution in [3.8, 4) is 0 Å². The SMILES string of the molecule is Cn1cc(C2=CN/C(=C(/Br)C=N)C=N2)cn1. The van der Waals surface area contributed by atoms with Gasteiger partial charge in [0.25, 0.3) is 0 Å². The van der Waals surface area contributed by atoms with E-state index in [1.165, 1.54) is 6.21 Å². The summed E-state index contributed by atoms with van der Waals surface area (Å²) in [6.07, 6.45) is 8.34. The Hall–Kier alpha value is -1.69. The van der Waals surface area contributed by atoms with Crippen LogP contribution < -0.4 is 5.32 Å². The number of nitrogens with zero attached hydrogens (tertiary/aromatic N) is 3. The Kier molecular flexibility index (Phi) is 3.00. The van der Waals surface area contributed by atoms with Crippen LogP contribution in [-0.2, 0) is 7.05 Å². The smallest absolute Gasteiger partial charge is 0.0894 e. The summed E-state index contributed by atoms with van der Waals surface area (Å²) < 4.78 is 2.39. The third kappa shape index (κ3) is 2.11. The third-order valence-corrected chi connectivity index (χ3v) is 2.74. The van der Waals surface area contributed by atoms with Crippen molar-refractivity contribution in [2.75, 3.05) is 0 Å². The van der Waals surface area contributed by atoms with Gasteiger partial charge in [-0.1, -0.05) is 0 Å². The first-order valence-corrected chi connectivity index (χ1v) is 5.40. The summed E-state index contributed by atoms with van der Waals surface area (Å²) >= 11 is 3.26. The van der Waals surface area contributed by atoms with Crippen LogP contribution in [0.5, 0.6) is 0 Å². The highest BCUT2D eigenvalue weighted by atomic mass is 79.9. The van der Waals surface area contributed by atoms with Crippen molar-refractivity contribution < 1.29 is 0 Å². The number of rotatable bonds is 2. The Morgan fingerprint density at radius 1 is 1.62 bits per heavy atom. The van der Waals surface area contributed by atoms with Crippen molar-refractivity contribution in [3.05, 3.63) is 34.3 Å². The lowest BCUT2D eigenvalue weighted by molar-refractivity contribution is 0.767. The average molecular weight is 280 g/mol. The molecule has 0 fully saturated rings. The molecular formula is C10H10BrN5. The lowest BCUT2D eigenvalue weighted by Crippen LogP contribution is -2.12. The highest BCUT2D eigenvalue weighted by Gasteiger charge is 2.08. The number of hydrogen-bond acceptors (Lipinski definition) is 4. The van der Waals surface area contributed by atoms with Gasteiger partial charge in [0.05, 0.1) is 28.3 Å². The number of aryl methyl sites for hydroxylation is 1. The van der Waals surface area contributed by atoms with E-state index in [2.05, 4.69) is 31.3 Å². The van der Waals surface area contributed by atoms with Crippen LogP contribution in [0.3, 0.4) is 0 Å². The maximum absolute atomic E-state index is 7.10. The molecule has 16 heavy (non-hydrogen) atoms. The zero-order valence-electron chi connectivity index (χ0n) is 8.61. The molecule has 2 rings (SSSR count). The van der Waals surface area contributed by atoms with Gasteiger partial charge in [-0.25, -0.2) is 0 Å². The molecule has 1 aliphatic rings. The van der Waals surface area contributed by atoms with Crippen molar-refractivity contribution in [3.63, 3.8) is 0 Å². The molecule has 0 spiro atoms. The lowest BCUT2D eigenvalue weighted by atomic mass is 10.2. The topological polar surface area (TPSA) is 66.1 Å². The van der Waals surface area contributed by atoms with Crippen LogP contribution in [0.4, 0.5) is 0 Å². The highest BCUT2D eigenvalue weighted by molar-refractivity contribution is 9.12. The van der Waals surface area contributed by atoms with Crippen LogP contribution in [0, 0.1) is 5.41 Å². The largest absolute Gasteiger partial charge is 0.358 e. The summed E-state index contributed by atoms with van der Waals surface area (Å²) in [5.41, 5.74) is 2.54. The maximum Gasteiger partial charge on any atom is 0.0894 e. The van der Waals surface area contributed by atoms with Gasteiger partial charge in [-0.05, 0) is 15.9 Å². The first-order chi connectivity index (χ1) is 7.70. The van der Waals surface area contributed by atoms with Crippen LogP contribution in [0.15, 0.2) is 33.8 Å². The van der Waals surface area contributed by atoms with E-state index in [9.17, 15) is 0 Å². The van der Waals surface area contributed by atoms with Gasteiger partial charge in [-0.3, -0.25) is 9.67 Å². The summed E-state index contributed by atoms with van der Waals surface area (Å²) in [6, 6.07) is 0. The molecular weight excluding hydrogens is 270 g/mol. The zero-order chi connectivity index (χ0) is 11.5. The molecule has 0 radical (unpaired) electrons. The van der Waals surface area contributed by atoms with E-state index in [0.717, 1.165) is 17.0 Å². The second kappa shape index (κ2) is 4.44. The van der Waals surface area contributed by atoms with Crippen molar-refractivity contribution in [2.45, 2.75) is 0 Å². The van der Waals surface area contributed by atoms with Crippen LogP contribution in [0.25, 0.3) is 5.70 Å². The summed E-state index contributed by atoms with van der Waals surface area (Å²) in [4.78, 5) is 4.29. The Morgan fingerprint density at radius 2 is 2.44 bits per heavy atom. The monoisotopic (exact) mass is 279 g/mol. The molecule has 2 heterocycles. The van der Waals surface area contributed by atoms with E-state index >= 15 is 0 Å². The molecule has 82 valence electrons. The van der Waals surface area contributed by atoms with Gasteiger partial charge in [0, 0.05) is 31.2 Å². The van der Waals surface area contributed by atoms with E-state index in [0.29, 0.717) is 4.48 Å². The van der Waals surface area contributed by atoms with E-state index in [-0.39, 0.29) is 0 Å². The van der Waals surface area contributed by atoms with E-state index in [1.807, 2.05) is 13.2 Å². The molecule has 2 N–H and O–H groups in total. The van der Waals surface area contributed by atoms with Crippen LogP contribution >= 0.6 is 15.9 Å². The van der Waals surface area contributed by atoms with E-state index < -0.39 is 0 Å². The maximum atomic E-state index is 7.10. The molecule has 1 aromatic rings. The van der Waals surface area contributed by atoms with Crippen LogP contribution in [0.1, 0.15) is 5.56 Å². The minimum atomic E-state index is 0.665. The number of hydrogen-bond donors (Lipinski definition) is 2. The van der Waals surface area contributed by atoms with E-state index in [1.54, 1.807) is 23.3 Å². The highest BCUT2D eigenvalue weighted by Crippen LogP contribution is 2.18. The predicted octanol–water partition coefficient (Wildman–Crippen LogP) is 1.65. The van der Waals surface area contributed by atoms with E-state index in [4.69, 9.17) is 5.41 Å². The Balaban J connectivity index is 2.23. The quantitative estimate of drug-likeness (QED) is 0.809. The first kappa shape index (κ1) is 10.8. The molecule has 0 aromatic carbocycles. The van der Waals surface area contributed by atoms with Gasteiger partial charge < -0.3 is 10.7 Å². The second-order valence-electron chi connectivity index (χ2n) is 3.24. The predicted molar refractivity (Wildman–Crippen MR) is 67.5 cm³/mol. The Bertz CT molecular complexity index is 509. The molecule has 0 saturated carbocycles. The van der Waals surface area contributed by atoms with Crippen molar-refractivity contribution in [2.24, 2.45) is 12.0 Å². The standard InChI is InChI=1S/C10H10BrN5/c1-16-6-7(3-15-16)9-4-14-10(5-13-9)8(11)2-12/h2-6,12,14H,1H3/b10-8+,12-2?. The number of aromatic nitrogens is 2. The van der Waals surface area contributed by atoms with Crippen molar-refractivity contribution in [1.82, 2.24) is 15.1 Å². The molecule has 6 heteroatoms. The molecule has 0 amide bonds. The first-order valence-electron chi connectivity index (χ1n) is 4.61. The number of allylic oxidation sites excluding steroid dienone is 2. The Morgan fingerprint density at radius 3 is 2.94 bits per heavy atom. The molecule has 0 unspecified atom stereocenters. The molecule has 5 nitrogen and oxygen atoms in total. The summed E-state index contributed by atoms with van der Waals surface area (Å²) in [7, 11) is 1.86. The van der Waals surface area contributed by atoms with Crippen LogP contribution in [0.2, 0.25) is 0 Å². The van der Waals surface area contributed by atoms with Crippen molar-refractivity contribution in [1.29, 1.82) is 5.41 Å². The van der Waals surface area contributed by atoms with Gasteiger partial charge in [0.2, 0.25) is 0 Å². The lowest BCUT2D eigenvalue weighted by Gasteiger charge is -2.10. The molecule has 1 aromatic heterocycles.